The molecule has 1 aliphatic heterocycles. The highest BCUT2D eigenvalue weighted by Crippen LogP contribution is 2.10. The van der Waals surface area contributed by atoms with Crippen LogP contribution in [0.1, 0.15) is 33.1 Å². The van der Waals surface area contributed by atoms with Crippen LogP contribution in [0.15, 0.2) is 11.6 Å². The van der Waals surface area contributed by atoms with Crippen LogP contribution >= 0.6 is 0 Å². The maximum Gasteiger partial charge on any atom is 0.330 e. The van der Waals surface area contributed by atoms with Crippen LogP contribution in [0.2, 0.25) is 0 Å². The Balaban J connectivity index is 2.32. The molecule has 0 aromatic rings. The molecule has 0 N–H and O–H groups in total. The van der Waals surface area contributed by atoms with Crippen molar-refractivity contribution in [1.29, 1.82) is 0 Å². The summed E-state index contributed by atoms with van der Waals surface area (Å²) in [5, 5.41) is 0. The van der Waals surface area contributed by atoms with Gasteiger partial charge in [-0.3, -0.25) is 4.90 Å². The number of ether oxygens (including phenoxy) is 1. The molecule has 1 saturated heterocycles. The SMILES string of the molecule is CCOC(=O)/C=C(\C)CN1CCCCC1. The molecule has 0 saturated carbocycles. The fourth-order valence-corrected chi connectivity index (χ4v) is 1.90. The summed E-state index contributed by atoms with van der Waals surface area (Å²) in [4.78, 5) is 13.6. The molecule has 0 bridgehead atoms. The normalized spacial score (nSPS) is 18.9. The van der Waals surface area contributed by atoms with E-state index in [9.17, 15) is 4.79 Å². The average Bonchev–Trinajstić information content (AvgIpc) is 2.19. The molecule has 0 amide bonds. The van der Waals surface area contributed by atoms with Crippen molar-refractivity contribution in [3.8, 4) is 0 Å². The lowest BCUT2D eigenvalue weighted by molar-refractivity contribution is -0.137. The number of carbonyl (C=O) groups excluding carboxylic acids is 1. The fraction of sp³-hybridized carbons (Fsp3) is 0.750. The molecule has 15 heavy (non-hydrogen) atoms. The van der Waals surface area contributed by atoms with Crippen LogP contribution in [0.4, 0.5) is 0 Å². The van der Waals surface area contributed by atoms with Crippen molar-refractivity contribution in [1.82, 2.24) is 4.90 Å². The van der Waals surface area contributed by atoms with Crippen molar-refractivity contribution in [3.63, 3.8) is 0 Å². The van der Waals surface area contributed by atoms with Gasteiger partial charge < -0.3 is 4.74 Å². The summed E-state index contributed by atoms with van der Waals surface area (Å²) in [5.74, 6) is -0.216. The lowest BCUT2D eigenvalue weighted by Crippen LogP contribution is -2.31. The summed E-state index contributed by atoms with van der Waals surface area (Å²) in [7, 11) is 0. The molecule has 0 atom stereocenters. The van der Waals surface area contributed by atoms with E-state index in [1.807, 2.05) is 13.8 Å². The van der Waals surface area contributed by atoms with E-state index in [0.717, 1.165) is 25.2 Å². The predicted molar refractivity (Wildman–Crippen MR) is 60.7 cm³/mol. The van der Waals surface area contributed by atoms with Gasteiger partial charge in [-0.25, -0.2) is 4.79 Å². The molecule has 86 valence electrons. The summed E-state index contributed by atoms with van der Waals surface area (Å²) in [6, 6.07) is 0. The second-order valence-corrected chi connectivity index (χ2v) is 4.08. The summed E-state index contributed by atoms with van der Waals surface area (Å²) in [6.45, 7) is 7.49. The number of nitrogens with zero attached hydrogens (tertiary/aromatic N) is 1. The van der Waals surface area contributed by atoms with Gasteiger partial charge in [-0.1, -0.05) is 12.0 Å². The van der Waals surface area contributed by atoms with E-state index in [1.54, 1.807) is 6.08 Å². The quantitative estimate of drug-likeness (QED) is 0.526. The lowest BCUT2D eigenvalue weighted by Gasteiger charge is -2.26. The third kappa shape index (κ3) is 4.98. The van der Waals surface area contributed by atoms with E-state index in [0.29, 0.717) is 6.61 Å². The summed E-state index contributed by atoms with van der Waals surface area (Å²) < 4.78 is 4.87. The molecule has 3 heteroatoms. The topological polar surface area (TPSA) is 29.5 Å². The Morgan fingerprint density at radius 1 is 1.33 bits per heavy atom. The van der Waals surface area contributed by atoms with Crippen LogP contribution in [0, 0.1) is 0 Å². The highest BCUT2D eigenvalue weighted by Gasteiger charge is 2.10. The first-order chi connectivity index (χ1) is 7.22. The first kappa shape index (κ1) is 12.2. The van der Waals surface area contributed by atoms with Crippen LogP contribution in [0.25, 0.3) is 0 Å². The minimum atomic E-state index is -0.216. The zero-order valence-corrected chi connectivity index (χ0v) is 9.79. The monoisotopic (exact) mass is 211 g/mol. The predicted octanol–water partition coefficient (Wildman–Crippen LogP) is 1.98. The van der Waals surface area contributed by atoms with Gasteiger partial charge in [-0.15, -0.1) is 0 Å². The summed E-state index contributed by atoms with van der Waals surface area (Å²) >= 11 is 0. The third-order valence-electron chi connectivity index (χ3n) is 2.57. The van der Waals surface area contributed by atoms with Gasteiger partial charge in [0.25, 0.3) is 0 Å². The van der Waals surface area contributed by atoms with E-state index in [-0.39, 0.29) is 5.97 Å². The second kappa shape index (κ2) is 6.62. The Hall–Kier alpha value is -0.830. The maximum absolute atomic E-state index is 11.2. The van der Waals surface area contributed by atoms with E-state index in [2.05, 4.69) is 4.90 Å². The lowest BCUT2D eigenvalue weighted by atomic mass is 10.1. The molecular weight excluding hydrogens is 190 g/mol. The van der Waals surface area contributed by atoms with Crippen molar-refractivity contribution < 1.29 is 9.53 Å². The van der Waals surface area contributed by atoms with E-state index in [4.69, 9.17) is 4.74 Å². The zero-order chi connectivity index (χ0) is 11.1. The molecule has 0 unspecified atom stereocenters. The first-order valence-electron chi connectivity index (χ1n) is 5.78. The molecule has 0 spiro atoms. The molecular formula is C12H21NO2. The van der Waals surface area contributed by atoms with Crippen molar-refractivity contribution in [2.75, 3.05) is 26.2 Å². The van der Waals surface area contributed by atoms with Gasteiger partial charge >= 0.3 is 5.97 Å². The van der Waals surface area contributed by atoms with Gasteiger partial charge in [0.2, 0.25) is 0 Å². The Morgan fingerprint density at radius 3 is 2.60 bits per heavy atom. The number of hydrogen-bond acceptors (Lipinski definition) is 3. The highest BCUT2D eigenvalue weighted by molar-refractivity contribution is 5.82. The van der Waals surface area contributed by atoms with E-state index < -0.39 is 0 Å². The molecule has 0 aromatic heterocycles. The fourth-order valence-electron chi connectivity index (χ4n) is 1.90. The zero-order valence-electron chi connectivity index (χ0n) is 9.79. The van der Waals surface area contributed by atoms with Gasteiger partial charge in [-0.2, -0.15) is 0 Å². The minimum Gasteiger partial charge on any atom is -0.463 e. The molecule has 0 radical (unpaired) electrons. The number of likely N-dealkylation sites (tertiary alicyclic amines) is 1. The van der Waals surface area contributed by atoms with Gasteiger partial charge in [-0.05, 0) is 39.8 Å². The molecule has 1 heterocycles. The van der Waals surface area contributed by atoms with Crippen LogP contribution < -0.4 is 0 Å². The van der Waals surface area contributed by atoms with Crippen molar-refractivity contribution in [2.45, 2.75) is 33.1 Å². The molecule has 0 aromatic carbocycles. The minimum absolute atomic E-state index is 0.216. The van der Waals surface area contributed by atoms with Crippen LogP contribution in [0.3, 0.4) is 0 Å². The van der Waals surface area contributed by atoms with E-state index in [1.165, 1.54) is 19.3 Å². The Kier molecular flexibility index (Phi) is 5.40. The van der Waals surface area contributed by atoms with Gasteiger partial charge in [0.15, 0.2) is 0 Å². The largest absolute Gasteiger partial charge is 0.463 e. The van der Waals surface area contributed by atoms with Crippen LogP contribution in [0.5, 0.6) is 0 Å². The first-order valence-corrected chi connectivity index (χ1v) is 5.78. The van der Waals surface area contributed by atoms with E-state index >= 15 is 0 Å². The summed E-state index contributed by atoms with van der Waals surface area (Å²) in [6.07, 6.45) is 5.52. The van der Waals surface area contributed by atoms with Gasteiger partial charge in [0, 0.05) is 12.6 Å². The van der Waals surface area contributed by atoms with Gasteiger partial charge in [0.05, 0.1) is 6.61 Å². The smallest absolute Gasteiger partial charge is 0.330 e. The molecule has 1 fully saturated rings. The molecule has 1 rings (SSSR count). The Labute approximate surface area is 92.1 Å². The number of esters is 1. The van der Waals surface area contributed by atoms with Crippen molar-refractivity contribution in [3.05, 3.63) is 11.6 Å². The molecule has 0 aliphatic carbocycles. The third-order valence-corrected chi connectivity index (χ3v) is 2.57. The summed E-state index contributed by atoms with van der Waals surface area (Å²) in [5.41, 5.74) is 1.09. The Bertz CT molecular complexity index is 230. The van der Waals surface area contributed by atoms with Crippen LogP contribution in [-0.4, -0.2) is 37.1 Å². The van der Waals surface area contributed by atoms with Gasteiger partial charge in [0.1, 0.15) is 0 Å². The standard InChI is InChI=1S/C12H21NO2/c1-3-15-12(14)9-11(2)10-13-7-5-4-6-8-13/h9H,3-8,10H2,1-2H3/b11-9+. The molecule has 3 nitrogen and oxygen atoms in total. The Morgan fingerprint density at radius 2 is 2.00 bits per heavy atom. The van der Waals surface area contributed by atoms with Crippen molar-refractivity contribution in [2.24, 2.45) is 0 Å². The second-order valence-electron chi connectivity index (χ2n) is 4.08. The van der Waals surface area contributed by atoms with Crippen molar-refractivity contribution >= 4 is 5.97 Å². The van der Waals surface area contributed by atoms with Crippen LogP contribution in [-0.2, 0) is 9.53 Å². The average molecular weight is 211 g/mol. The maximum atomic E-state index is 11.2. The number of piperidine rings is 1. The molecule has 1 aliphatic rings. The number of carbonyl (C=O) groups is 1. The highest BCUT2D eigenvalue weighted by atomic mass is 16.5. The number of hydrogen-bond donors (Lipinski definition) is 0. The number of rotatable bonds is 4.